The fraction of sp³-hybridized carbons (Fsp3) is 0.500. The second kappa shape index (κ2) is 8.11. The van der Waals surface area contributed by atoms with Gasteiger partial charge in [0.15, 0.2) is 0 Å². The Kier molecular flexibility index (Phi) is 5.65. The fourth-order valence-corrected chi connectivity index (χ4v) is 3.00. The van der Waals surface area contributed by atoms with Crippen LogP contribution in [-0.2, 0) is 11.2 Å². The summed E-state index contributed by atoms with van der Waals surface area (Å²) in [4.78, 5) is 18.5. The van der Waals surface area contributed by atoms with Gasteiger partial charge < -0.3 is 15.0 Å². The number of anilines is 1. The first kappa shape index (κ1) is 17.4. The van der Waals surface area contributed by atoms with Gasteiger partial charge in [0.05, 0.1) is 24.5 Å². The number of hydrogen-bond acceptors (Lipinski definition) is 5. The Morgan fingerprint density at radius 2 is 2.12 bits per heavy atom. The number of nitrogens with one attached hydrogen (secondary N) is 2. The largest absolute Gasteiger partial charge is 0.378 e. The molecule has 1 amide bonds. The number of nitrogens with zero attached hydrogens (tertiary/aromatic N) is 3. The highest BCUT2D eigenvalue weighted by molar-refractivity contribution is 5.94. The topological polar surface area (TPSA) is 83.1 Å². The molecule has 1 saturated heterocycles. The molecule has 0 bridgehead atoms. The van der Waals surface area contributed by atoms with Crippen molar-refractivity contribution in [2.45, 2.75) is 26.7 Å². The highest BCUT2D eigenvalue weighted by atomic mass is 16.5. The van der Waals surface area contributed by atoms with E-state index < -0.39 is 0 Å². The van der Waals surface area contributed by atoms with Crippen molar-refractivity contribution in [3.8, 4) is 0 Å². The summed E-state index contributed by atoms with van der Waals surface area (Å²) in [5.74, 6) is 0.812. The molecule has 7 heteroatoms. The molecular formula is C18H25N5O2. The number of carbonyl (C=O) groups excluding carboxylic acids is 1. The average Bonchev–Trinajstić information content (AvgIpc) is 2.97. The Hall–Kier alpha value is -2.41. The maximum atomic E-state index is 12.4. The van der Waals surface area contributed by atoms with Crippen LogP contribution in [0.5, 0.6) is 0 Å². The van der Waals surface area contributed by atoms with Crippen LogP contribution in [0.1, 0.15) is 33.7 Å². The minimum atomic E-state index is 0.0215. The third kappa shape index (κ3) is 4.36. The van der Waals surface area contributed by atoms with Crippen LogP contribution in [0.2, 0.25) is 0 Å². The zero-order valence-corrected chi connectivity index (χ0v) is 14.8. The van der Waals surface area contributed by atoms with Crippen molar-refractivity contribution in [2.24, 2.45) is 0 Å². The van der Waals surface area contributed by atoms with E-state index in [4.69, 9.17) is 4.74 Å². The van der Waals surface area contributed by atoms with Crippen molar-refractivity contribution in [2.75, 3.05) is 38.2 Å². The number of morpholine rings is 1. The second-order valence-electron chi connectivity index (χ2n) is 6.28. The molecular weight excluding hydrogens is 318 g/mol. The molecule has 0 aliphatic carbocycles. The number of aryl methyl sites for hydroxylation is 2. The molecule has 2 N–H and O–H groups in total. The molecule has 3 heterocycles. The van der Waals surface area contributed by atoms with Crippen LogP contribution in [0.15, 0.2) is 18.3 Å². The number of aromatic nitrogens is 3. The van der Waals surface area contributed by atoms with Crippen molar-refractivity contribution >= 4 is 11.7 Å². The van der Waals surface area contributed by atoms with Crippen LogP contribution < -0.4 is 5.32 Å². The Morgan fingerprint density at radius 1 is 1.32 bits per heavy atom. The van der Waals surface area contributed by atoms with E-state index in [0.29, 0.717) is 31.9 Å². The molecule has 0 radical (unpaired) electrons. The van der Waals surface area contributed by atoms with Gasteiger partial charge in [0.1, 0.15) is 5.82 Å². The lowest BCUT2D eigenvalue weighted by Crippen LogP contribution is -2.40. The minimum absolute atomic E-state index is 0.0215. The molecule has 25 heavy (non-hydrogen) atoms. The van der Waals surface area contributed by atoms with E-state index in [1.54, 1.807) is 6.20 Å². The third-order valence-corrected chi connectivity index (χ3v) is 4.50. The summed E-state index contributed by atoms with van der Waals surface area (Å²) in [5.41, 5.74) is 4.13. The van der Waals surface area contributed by atoms with E-state index >= 15 is 0 Å². The van der Waals surface area contributed by atoms with E-state index in [-0.39, 0.29) is 5.91 Å². The first-order valence-electron chi connectivity index (χ1n) is 8.72. The first-order valence-corrected chi connectivity index (χ1v) is 8.72. The van der Waals surface area contributed by atoms with Crippen LogP contribution >= 0.6 is 0 Å². The number of hydrogen-bond donors (Lipinski definition) is 2. The molecule has 0 unspecified atom stereocenters. The molecule has 1 fully saturated rings. The Morgan fingerprint density at radius 3 is 2.76 bits per heavy atom. The predicted molar refractivity (Wildman–Crippen MR) is 95.8 cm³/mol. The van der Waals surface area contributed by atoms with Crippen LogP contribution in [-0.4, -0.2) is 58.8 Å². The second-order valence-corrected chi connectivity index (χ2v) is 6.28. The van der Waals surface area contributed by atoms with Gasteiger partial charge in [0.25, 0.3) is 5.91 Å². The number of ether oxygens (including phenoxy) is 1. The van der Waals surface area contributed by atoms with E-state index in [1.165, 1.54) is 5.56 Å². The summed E-state index contributed by atoms with van der Waals surface area (Å²) < 4.78 is 5.28. The first-order chi connectivity index (χ1) is 12.1. The standard InChI is InChI=1S/C18H25N5O2/c1-13-16(14(2)22-21-13)4-3-7-19-17-6-5-15(12-20-17)18(24)23-8-10-25-11-9-23/h5-6,12H,3-4,7-11H2,1-2H3,(H,19,20)(H,21,22). The molecule has 1 aliphatic rings. The Bertz CT molecular complexity index is 685. The van der Waals surface area contributed by atoms with Crippen LogP contribution in [0, 0.1) is 13.8 Å². The van der Waals surface area contributed by atoms with Crippen molar-refractivity contribution < 1.29 is 9.53 Å². The molecule has 2 aromatic heterocycles. The molecule has 0 aromatic carbocycles. The number of rotatable bonds is 6. The molecule has 0 atom stereocenters. The fourth-order valence-electron chi connectivity index (χ4n) is 3.00. The van der Waals surface area contributed by atoms with Crippen molar-refractivity contribution in [1.29, 1.82) is 0 Å². The lowest BCUT2D eigenvalue weighted by molar-refractivity contribution is 0.0302. The van der Waals surface area contributed by atoms with E-state index in [2.05, 4.69) is 27.4 Å². The van der Waals surface area contributed by atoms with Gasteiger partial charge in [-0.05, 0) is 44.4 Å². The number of amides is 1. The molecule has 0 spiro atoms. The predicted octanol–water partition coefficient (Wildman–Crippen LogP) is 1.94. The smallest absolute Gasteiger partial charge is 0.255 e. The maximum Gasteiger partial charge on any atom is 0.255 e. The maximum absolute atomic E-state index is 12.4. The summed E-state index contributed by atoms with van der Waals surface area (Å²) in [6.07, 6.45) is 3.62. The molecule has 3 rings (SSSR count). The van der Waals surface area contributed by atoms with Crippen molar-refractivity contribution in [3.05, 3.63) is 40.8 Å². The monoisotopic (exact) mass is 343 g/mol. The molecule has 1 aliphatic heterocycles. The third-order valence-electron chi connectivity index (χ3n) is 4.50. The highest BCUT2D eigenvalue weighted by Crippen LogP contribution is 2.13. The van der Waals surface area contributed by atoms with Gasteiger partial charge in [-0.1, -0.05) is 0 Å². The SMILES string of the molecule is Cc1n[nH]c(C)c1CCCNc1ccc(C(=O)N2CCOCC2)cn1. The van der Waals surface area contributed by atoms with Gasteiger partial charge in [-0.25, -0.2) is 4.98 Å². The highest BCUT2D eigenvalue weighted by Gasteiger charge is 2.18. The van der Waals surface area contributed by atoms with E-state index in [9.17, 15) is 4.79 Å². The van der Waals surface area contributed by atoms with Gasteiger partial charge in [0.2, 0.25) is 0 Å². The number of aromatic amines is 1. The van der Waals surface area contributed by atoms with Gasteiger partial charge >= 0.3 is 0 Å². The molecule has 2 aromatic rings. The summed E-state index contributed by atoms with van der Waals surface area (Å²) >= 11 is 0. The van der Waals surface area contributed by atoms with Crippen LogP contribution in [0.3, 0.4) is 0 Å². The lowest BCUT2D eigenvalue weighted by Gasteiger charge is -2.26. The lowest BCUT2D eigenvalue weighted by atomic mass is 10.1. The zero-order valence-electron chi connectivity index (χ0n) is 14.8. The number of pyridine rings is 1. The van der Waals surface area contributed by atoms with Gasteiger partial charge in [-0.2, -0.15) is 5.10 Å². The molecule has 134 valence electrons. The Labute approximate surface area is 147 Å². The van der Waals surface area contributed by atoms with E-state index in [1.807, 2.05) is 24.0 Å². The molecule has 0 saturated carbocycles. The zero-order chi connectivity index (χ0) is 17.6. The molecule has 7 nitrogen and oxygen atoms in total. The quantitative estimate of drug-likeness (QED) is 0.783. The summed E-state index contributed by atoms with van der Waals surface area (Å²) in [7, 11) is 0. The minimum Gasteiger partial charge on any atom is -0.378 e. The van der Waals surface area contributed by atoms with Crippen molar-refractivity contribution in [1.82, 2.24) is 20.1 Å². The van der Waals surface area contributed by atoms with Gasteiger partial charge in [0, 0.05) is 31.5 Å². The van der Waals surface area contributed by atoms with E-state index in [0.717, 1.165) is 36.6 Å². The van der Waals surface area contributed by atoms with Gasteiger partial charge in [-0.15, -0.1) is 0 Å². The normalized spacial score (nSPS) is 14.6. The average molecular weight is 343 g/mol. The van der Waals surface area contributed by atoms with Crippen LogP contribution in [0.4, 0.5) is 5.82 Å². The number of carbonyl (C=O) groups is 1. The Balaban J connectivity index is 1.47. The van der Waals surface area contributed by atoms with Crippen molar-refractivity contribution in [3.63, 3.8) is 0 Å². The number of H-pyrrole nitrogens is 1. The summed E-state index contributed by atoms with van der Waals surface area (Å²) in [6.45, 7) is 7.40. The van der Waals surface area contributed by atoms with Gasteiger partial charge in [-0.3, -0.25) is 9.89 Å². The summed E-state index contributed by atoms with van der Waals surface area (Å²) in [5, 5.41) is 10.5. The van der Waals surface area contributed by atoms with Crippen LogP contribution in [0.25, 0.3) is 0 Å². The summed E-state index contributed by atoms with van der Waals surface area (Å²) in [6, 6.07) is 3.69.